The van der Waals surface area contributed by atoms with Crippen molar-refractivity contribution in [2.75, 3.05) is 36.4 Å². The Morgan fingerprint density at radius 1 is 1.09 bits per heavy atom. The number of carbonyl (C=O) groups is 1. The van der Waals surface area contributed by atoms with Crippen molar-refractivity contribution in [1.82, 2.24) is 9.29 Å². The Bertz CT molecular complexity index is 1160. The summed E-state index contributed by atoms with van der Waals surface area (Å²) in [5.41, 5.74) is 0.752. The number of rotatable bonds is 5. The second-order valence-electron chi connectivity index (χ2n) is 9.11. The lowest BCUT2D eigenvalue weighted by Crippen LogP contribution is -2.42. The molecule has 1 aromatic carbocycles. The van der Waals surface area contributed by atoms with Gasteiger partial charge < -0.3 is 10.2 Å². The Kier molecular flexibility index (Phi) is 5.60. The summed E-state index contributed by atoms with van der Waals surface area (Å²) < 4.78 is 53.9. The lowest BCUT2D eigenvalue weighted by Gasteiger charge is -2.31. The van der Waals surface area contributed by atoms with E-state index in [1.165, 1.54) is 24.6 Å². The van der Waals surface area contributed by atoms with E-state index in [2.05, 4.69) is 15.2 Å². The van der Waals surface area contributed by atoms with Crippen LogP contribution in [-0.2, 0) is 10.0 Å². The van der Waals surface area contributed by atoms with Crippen molar-refractivity contribution in [3.63, 3.8) is 0 Å². The number of sulfonamides is 1. The first-order valence-corrected chi connectivity index (χ1v) is 12.7. The Hall–Kier alpha value is -2.59. The number of aromatic nitrogens is 1. The maximum absolute atomic E-state index is 13.5. The Morgan fingerprint density at radius 3 is 2.64 bits per heavy atom. The van der Waals surface area contributed by atoms with Crippen molar-refractivity contribution in [2.45, 2.75) is 36.5 Å². The van der Waals surface area contributed by atoms with Crippen LogP contribution in [0.25, 0.3) is 0 Å². The van der Waals surface area contributed by atoms with Gasteiger partial charge in [-0.3, -0.25) is 4.79 Å². The van der Waals surface area contributed by atoms with Gasteiger partial charge in [0.2, 0.25) is 10.0 Å². The highest BCUT2D eigenvalue weighted by Crippen LogP contribution is 2.45. The van der Waals surface area contributed by atoms with Gasteiger partial charge >= 0.3 is 0 Å². The zero-order valence-electron chi connectivity index (χ0n) is 18.1. The van der Waals surface area contributed by atoms with Gasteiger partial charge in [0.15, 0.2) is 0 Å². The standard InChI is InChI=1S/C23H26F2N4O3S/c24-23(25)7-11-29(12-8-23)33(31,32)19-4-1-3-18(14-19)27-22(30)20-5-2-9-26-21(20)28-10-6-16-13-17(16)15-28/h1-5,9,14,16-17H,6-8,10-13,15H2,(H,27,30). The van der Waals surface area contributed by atoms with E-state index in [9.17, 15) is 22.0 Å². The van der Waals surface area contributed by atoms with Gasteiger partial charge in [0.25, 0.3) is 11.8 Å². The molecule has 2 aliphatic heterocycles. The molecule has 2 aromatic rings. The minimum atomic E-state index is -3.93. The fraction of sp³-hybridized carbons (Fsp3) is 0.478. The van der Waals surface area contributed by atoms with Crippen LogP contribution in [0.2, 0.25) is 0 Å². The number of halogens is 2. The number of anilines is 2. The average molecular weight is 477 g/mol. The molecule has 0 bridgehead atoms. The van der Waals surface area contributed by atoms with Crippen molar-refractivity contribution in [2.24, 2.45) is 11.8 Å². The first-order chi connectivity index (χ1) is 15.7. The smallest absolute Gasteiger partial charge is 0.259 e. The zero-order chi connectivity index (χ0) is 23.2. The van der Waals surface area contributed by atoms with Crippen molar-refractivity contribution < 1.29 is 22.0 Å². The molecular weight excluding hydrogens is 450 g/mol. The molecule has 2 saturated heterocycles. The maximum atomic E-state index is 13.5. The minimum absolute atomic E-state index is 0.0345. The summed E-state index contributed by atoms with van der Waals surface area (Å²) in [6, 6.07) is 9.33. The summed E-state index contributed by atoms with van der Waals surface area (Å²) in [6.07, 6.45) is 3.01. The highest BCUT2D eigenvalue weighted by Gasteiger charge is 2.42. The molecule has 0 spiro atoms. The van der Waals surface area contributed by atoms with Crippen molar-refractivity contribution in [3.05, 3.63) is 48.2 Å². The lowest BCUT2D eigenvalue weighted by atomic mass is 10.1. The first kappa shape index (κ1) is 22.2. The average Bonchev–Trinajstić information content (AvgIpc) is 3.58. The number of pyridine rings is 1. The predicted octanol–water partition coefficient (Wildman–Crippen LogP) is 3.60. The second-order valence-corrected chi connectivity index (χ2v) is 11.0. The first-order valence-electron chi connectivity index (χ1n) is 11.2. The Labute approximate surface area is 191 Å². The highest BCUT2D eigenvalue weighted by molar-refractivity contribution is 7.89. The summed E-state index contributed by atoms with van der Waals surface area (Å²) in [6.45, 7) is 1.29. The SMILES string of the molecule is O=C(Nc1cccc(S(=O)(=O)N2CCC(F)(F)CC2)c1)c1cccnc1N1CCC2CC2C1. The quantitative estimate of drug-likeness (QED) is 0.713. The van der Waals surface area contributed by atoms with Crippen molar-refractivity contribution in [3.8, 4) is 0 Å². The third-order valence-electron chi connectivity index (χ3n) is 6.81. The Morgan fingerprint density at radius 2 is 1.88 bits per heavy atom. The Balaban J connectivity index is 1.33. The molecule has 2 atom stereocenters. The van der Waals surface area contributed by atoms with E-state index in [0.717, 1.165) is 29.7 Å². The van der Waals surface area contributed by atoms with E-state index >= 15 is 0 Å². The lowest BCUT2D eigenvalue weighted by molar-refractivity contribution is -0.0412. The van der Waals surface area contributed by atoms with E-state index in [-0.39, 0.29) is 23.9 Å². The molecule has 1 aliphatic carbocycles. The number of carbonyl (C=O) groups excluding carboxylic acids is 1. The number of alkyl halides is 2. The van der Waals surface area contributed by atoms with Crippen LogP contribution in [0.1, 0.15) is 36.0 Å². The van der Waals surface area contributed by atoms with Gasteiger partial charge in [-0.1, -0.05) is 6.07 Å². The number of amides is 1. The van der Waals surface area contributed by atoms with E-state index in [4.69, 9.17) is 0 Å². The zero-order valence-corrected chi connectivity index (χ0v) is 18.9. The fourth-order valence-electron chi connectivity index (χ4n) is 4.74. The monoisotopic (exact) mass is 476 g/mol. The van der Waals surface area contributed by atoms with Gasteiger partial charge in [0, 0.05) is 50.9 Å². The number of hydrogen-bond acceptors (Lipinski definition) is 5. The highest BCUT2D eigenvalue weighted by atomic mass is 32.2. The molecule has 0 radical (unpaired) electrons. The van der Waals surface area contributed by atoms with Gasteiger partial charge in [0.1, 0.15) is 5.82 Å². The summed E-state index contributed by atoms with van der Waals surface area (Å²) in [5, 5.41) is 2.78. The molecule has 1 amide bonds. The molecule has 33 heavy (non-hydrogen) atoms. The molecule has 3 aliphatic rings. The predicted molar refractivity (Wildman–Crippen MR) is 120 cm³/mol. The summed E-state index contributed by atoms with van der Waals surface area (Å²) in [7, 11) is -3.93. The van der Waals surface area contributed by atoms with Crippen LogP contribution in [0.3, 0.4) is 0 Å². The fourth-order valence-corrected chi connectivity index (χ4v) is 6.23. The van der Waals surface area contributed by atoms with Crippen LogP contribution < -0.4 is 10.2 Å². The van der Waals surface area contributed by atoms with Crippen LogP contribution in [0, 0.1) is 11.8 Å². The van der Waals surface area contributed by atoms with Gasteiger partial charge in [0.05, 0.1) is 10.5 Å². The topological polar surface area (TPSA) is 82.6 Å². The van der Waals surface area contributed by atoms with Crippen LogP contribution in [0.4, 0.5) is 20.3 Å². The van der Waals surface area contributed by atoms with Crippen molar-refractivity contribution in [1.29, 1.82) is 0 Å². The third kappa shape index (κ3) is 4.59. The summed E-state index contributed by atoms with van der Waals surface area (Å²) in [4.78, 5) is 19.6. The summed E-state index contributed by atoms with van der Waals surface area (Å²) >= 11 is 0. The maximum Gasteiger partial charge on any atom is 0.259 e. The van der Waals surface area contributed by atoms with E-state index in [0.29, 0.717) is 23.0 Å². The molecule has 1 aromatic heterocycles. The van der Waals surface area contributed by atoms with Gasteiger partial charge in [-0.15, -0.1) is 0 Å². The number of hydrogen-bond donors (Lipinski definition) is 1. The number of benzene rings is 1. The normalized spacial score (nSPS) is 24.7. The molecule has 2 unspecified atom stereocenters. The second kappa shape index (κ2) is 8.32. The van der Waals surface area contributed by atoms with Crippen LogP contribution in [0.15, 0.2) is 47.5 Å². The molecule has 5 rings (SSSR count). The van der Waals surface area contributed by atoms with Gasteiger partial charge in [-0.05, 0) is 55.0 Å². The largest absolute Gasteiger partial charge is 0.356 e. The van der Waals surface area contributed by atoms with Crippen LogP contribution in [-0.4, -0.2) is 55.7 Å². The van der Waals surface area contributed by atoms with Crippen molar-refractivity contribution >= 4 is 27.4 Å². The van der Waals surface area contributed by atoms with E-state index in [1.54, 1.807) is 24.4 Å². The van der Waals surface area contributed by atoms with Gasteiger partial charge in [-0.25, -0.2) is 22.2 Å². The molecule has 7 nitrogen and oxygen atoms in total. The van der Waals surface area contributed by atoms with Crippen LogP contribution >= 0.6 is 0 Å². The molecule has 3 fully saturated rings. The molecule has 3 heterocycles. The summed E-state index contributed by atoms with van der Waals surface area (Å²) in [5.74, 6) is -1.09. The molecule has 176 valence electrons. The molecule has 1 saturated carbocycles. The molecular formula is C23H26F2N4O3S. The number of nitrogens with zero attached hydrogens (tertiary/aromatic N) is 3. The van der Waals surface area contributed by atoms with Gasteiger partial charge in [-0.2, -0.15) is 4.31 Å². The number of piperidine rings is 2. The third-order valence-corrected chi connectivity index (χ3v) is 8.70. The minimum Gasteiger partial charge on any atom is -0.356 e. The molecule has 10 heteroatoms. The van der Waals surface area contributed by atoms with E-state index in [1.807, 2.05) is 0 Å². The molecule has 1 N–H and O–H groups in total. The number of fused-ring (bicyclic) bond motifs is 1. The van der Waals surface area contributed by atoms with E-state index < -0.39 is 28.8 Å². The van der Waals surface area contributed by atoms with Crippen LogP contribution in [0.5, 0.6) is 0 Å². The number of nitrogens with one attached hydrogen (secondary N) is 1.